The summed E-state index contributed by atoms with van der Waals surface area (Å²) in [5, 5.41) is 4.20. The van der Waals surface area contributed by atoms with Gasteiger partial charge in [-0.25, -0.2) is 0 Å². The second-order valence-electron chi connectivity index (χ2n) is 8.54. The van der Waals surface area contributed by atoms with E-state index in [1.54, 1.807) is 0 Å². The van der Waals surface area contributed by atoms with Crippen LogP contribution in [0.5, 0.6) is 5.75 Å². The Morgan fingerprint density at radius 2 is 1.71 bits per heavy atom. The predicted molar refractivity (Wildman–Crippen MR) is 138 cm³/mol. The van der Waals surface area contributed by atoms with Crippen molar-refractivity contribution in [1.29, 1.82) is 0 Å². The molecule has 0 radical (unpaired) electrons. The highest BCUT2D eigenvalue weighted by atomic mass is 32.1. The van der Waals surface area contributed by atoms with Crippen LogP contribution in [0.3, 0.4) is 0 Å². The normalized spacial score (nSPS) is 17.7. The zero-order chi connectivity index (χ0) is 23.5. The van der Waals surface area contributed by atoms with Crippen LogP contribution in [0.4, 0.5) is 5.69 Å². The number of rotatable bonds is 7. The number of nitrogens with one attached hydrogen (secondary N) is 1. The summed E-state index contributed by atoms with van der Waals surface area (Å²) >= 11 is 5.86. The van der Waals surface area contributed by atoms with Crippen molar-refractivity contribution in [1.82, 2.24) is 19.9 Å². The minimum Gasteiger partial charge on any atom is -0.491 e. The molecule has 1 N–H and O–H groups in total. The van der Waals surface area contributed by atoms with E-state index in [0.29, 0.717) is 11.7 Å². The summed E-state index contributed by atoms with van der Waals surface area (Å²) in [4.78, 5) is 11.4. The van der Waals surface area contributed by atoms with Gasteiger partial charge in [-0.05, 0) is 86.7 Å². The van der Waals surface area contributed by atoms with Gasteiger partial charge in [0.25, 0.3) is 0 Å². The molecule has 4 aromatic rings. The van der Waals surface area contributed by atoms with Crippen molar-refractivity contribution in [3.63, 3.8) is 0 Å². The first kappa shape index (κ1) is 22.1. The molecule has 6 nitrogen and oxygen atoms in total. The molecule has 172 valence electrons. The molecule has 0 amide bonds. The van der Waals surface area contributed by atoms with Crippen molar-refractivity contribution in [2.45, 2.75) is 38.6 Å². The van der Waals surface area contributed by atoms with Crippen LogP contribution in [0.2, 0.25) is 0 Å². The number of ether oxygens (including phenoxy) is 1. The number of nitrogens with zero attached hydrogens (tertiary/aromatic N) is 4. The van der Waals surface area contributed by atoms with Gasteiger partial charge in [0.1, 0.15) is 11.8 Å². The highest BCUT2D eigenvalue weighted by Gasteiger charge is 2.42. The molecule has 2 atom stereocenters. The lowest BCUT2D eigenvalue weighted by atomic mass is 10.0. The Bertz CT molecular complexity index is 1240. The Morgan fingerprint density at radius 3 is 2.38 bits per heavy atom. The molecule has 0 saturated carbocycles. The Hall–Kier alpha value is -3.71. The van der Waals surface area contributed by atoms with Crippen LogP contribution in [-0.2, 0) is 6.54 Å². The Kier molecular flexibility index (Phi) is 6.27. The molecule has 0 unspecified atom stereocenters. The van der Waals surface area contributed by atoms with Crippen molar-refractivity contribution in [2.24, 2.45) is 0 Å². The Balaban J connectivity index is 1.55. The molecule has 5 rings (SSSR count). The SMILES string of the molecule is CC(C)Oc1ccc(N2C(=S)N[C@@H](c3ccccn3)[C@@H]2c2cccn2Cc2ccccn2)cc1. The van der Waals surface area contributed by atoms with Crippen LogP contribution < -0.4 is 15.0 Å². The number of anilines is 1. The highest BCUT2D eigenvalue weighted by Crippen LogP contribution is 2.42. The van der Waals surface area contributed by atoms with Crippen molar-refractivity contribution in [3.05, 3.63) is 108 Å². The van der Waals surface area contributed by atoms with Crippen LogP contribution in [-0.4, -0.2) is 25.8 Å². The maximum atomic E-state index is 5.86. The first-order valence-electron chi connectivity index (χ1n) is 11.4. The summed E-state index contributed by atoms with van der Waals surface area (Å²) in [6, 6.07) is 24.1. The maximum absolute atomic E-state index is 5.86. The van der Waals surface area contributed by atoms with Gasteiger partial charge in [-0.2, -0.15) is 0 Å². The van der Waals surface area contributed by atoms with Gasteiger partial charge >= 0.3 is 0 Å². The first-order valence-corrected chi connectivity index (χ1v) is 11.8. The molecule has 1 saturated heterocycles. The third-order valence-electron chi connectivity index (χ3n) is 5.81. The Labute approximate surface area is 205 Å². The third-order valence-corrected chi connectivity index (χ3v) is 6.13. The summed E-state index contributed by atoms with van der Waals surface area (Å²) in [5.41, 5.74) is 4.09. The molecule has 1 aliphatic rings. The Morgan fingerprint density at radius 1 is 0.941 bits per heavy atom. The molecule has 0 spiro atoms. The van der Waals surface area contributed by atoms with Crippen LogP contribution in [0, 0.1) is 0 Å². The van der Waals surface area contributed by atoms with Gasteiger partial charge in [0.05, 0.1) is 30.1 Å². The fraction of sp³-hybridized carbons (Fsp3) is 0.222. The van der Waals surface area contributed by atoms with Crippen LogP contribution >= 0.6 is 12.2 Å². The van der Waals surface area contributed by atoms with E-state index in [9.17, 15) is 0 Å². The van der Waals surface area contributed by atoms with Crippen molar-refractivity contribution >= 4 is 23.0 Å². The molecule has 0 bridgehead atoms. The monoisotopic (exact) mass is 469 g/mol. The summed E-state index contributed by atoms with van der Waals surface area (Å²) in [6.07, 6.45) is 5.87. The molecule has 1 aliphatic heterocycles. The average Bonchev–Trinajstić information content (AvgIpc) is 3.44. The largest absolute Gasteiger partial charge is 0.491 e. The number of pyridine rings is 2. The van der Waals surface area contributed by atoms with Gasteiger partial charge in [0, 0.05) is 30.0 Å². The van der Waals surface area contributed by atoms with Crippen molar-refractivity contribution in [3.8, 4) is 5.75 Å². The minimum absolute atomic E-state index is 0.0852. The van der Waals surface area contributed by atoms with Gasteiger partial charge in [-0.15, -0.1) is 0 Å². The van der Waals surface area contributed by atoms with E-state index in [-0.39, 0.29) is 18.2 Å². The van der Waals surface area contributed by atoms with Gasteiger partial charge in [-0.3, -0.25) is 9.97 Å². The quantitative estimate of drug-likeness (QED) is 0.371. The van der Waals surface area contributed by atoms with Gasteiger partial charge in [0.2, 0.25) is 0 Å². The van der Waals surface area contributed by atoms with Crippen LogP contribution in [0.15, 0.2) is 91.4 Å². The van der Waals surface area contributed by atoms with Gasteiger partial charge < -0.3 is 19.5 Å². The second kappa shape index (κ2) is 9.65. The number of hydrogen-bond acceptors (Lipinski definition) is 4. The standard InChI is InChI=1S/C27H27N5OS/c1-19(2)33-22-13-11-21(12-14-22)32-26(25(30-27(32)34)23-9-4-6-16-29-23)24-10-7-17-31(24)18-20-8-3-5-15-28-20/h3-17,19,25-26H,18H2,1-2H3,(H,30,34)/t25-,26-/m0/s1. The zero-order valence-electron chi connectivity index (χ0n) is 19.2. The molecule has 0 aliphatic carbocycles. The molecule has 4 heterocycles. The molecule has 1 fully saturated rings. The molecule has 7 heteroatoms. The van der Waals surface area contributed by atoms with E-state index < -0.39 is 0 Å². The molecule has 3 aromatic heterocycles. The van der Waals surface area contributed by atoms with E-state index in [2.05, 4.69) is 55.2 Å². The highest BCUT2D eigenvalue weighted by molar-refractivity contribution is 7.80. The summed E-state index contributed by atoms with van der Waals surface area (Å²) < 4.78 is 8.08. The summed E-state index contributed by atoms with van der Waals surface area (Å²) in [6.45, 7) is 4.73. The number of hydrogen-bond donors (Lipinski definition) is 1. The van der Waals surface area contributed by atoms with E-state index in [1.807, 2.05) is 74.8 Å². The lowest BCUT2D eigenvalue weighted by molar-refractivity contribution is 0.242. The lowest BCUT2D eigenvalue weighted by Crippen LogP contribution is -2.30. The second-order valence-corrected chi connectivity index (χ2v) is 8.93. The number of benzene rings is 1. The van der Waals surface area contributed by atoms with Gasteiger partial charge in [0.15, 0.2) is 5.11 Å². The van der Waals surface area contributed by atoms with E-state index >= 15 is 0 Å². The number of aromatic nitrogens is 3. The topological polar surface area (TPSA) is 55.2 Å². The van der Waals surface area contributed by atoms with Crippen LogP contribution in [0.25, 0.3) is 0 Å². The average molecular weight is 470 g/mol. The van der Waals surface area contributed by atoms with Crippen molar-refractivity contribution in [2.75, 3.05) is 4.90 Å². The zero-order valence-corrected chi connectivity index (χ0v) is 20.0. The minimum atomic E-state index is -0.0994. The van der Waals surface area contributed by atoms with Crippen molar-refractivity contribution < 1.29 is 4.74 Å². The third kappa shape index (κ3) is 4.52. The lowest BCUT2D eigenvalue weighted by Gasteiger charge is -2.29. The first-order chi connectivity index (χ1) is 16.6. The molecule has 34 heavy (non-hydrogen) atoms. The van der Waals surface area contributed by atoms with E-state index in [0.717, 1.165) is 28.5 Å². The predicted octanol–water partition coefficient (Wildman–Crippen LogP) is 5.29. The summed E-state index contributed by atoms with van der Waals surface area (Å²) in [5.74, 6) is 0.841. The van der Waals surface area contributed by atoms with Gasteiger partial charge in [-0.1, -0.05) is 12.1 Å². The molecule has 1 aromatic carbocycles. The van der Waals surface area contributed by atoms with E-state index in [1.165, 1.54) is 0 Å². The van der Waals surface area contributed by atoms with E-state index in [4.69, 9.17) is 17.0 Å². The fourth-order valence-corrected chi connectivity index (χ4v) is 4.74. The maximum Gasteiger partial charge on any atom is 0.174 e. The summed E-state index contributed by atoms with van der Waals surface area (Å²) in [7, 11) is 0. The molecular weight excluding hydrogens is 442 g/mol. The fourth-order valence-electron chi connectivity index (χ4n) is 4.40. The van der Waals surface area contributed by atoms with Crippen LogP contribution in [0.1, 0.15) is 43.0 Å². The number of thiocarbonyl (C=S) groups is 1. The molecular formula is C27H27N5OS. The smallest absolute Gasteiger partial charge is 0.174 e.